The molecule has 0 spiro atoms. The van der Waals surface area contributed by atoms with Gasteiger partial charge in [-0.15, -0.1) is 0 Å². The topological polar surface area (TPSA) is 29.5 Å². The molecule has 0 aliphatic carbocycles. The number of hydrogen-bond donors (Lipinski definition) is 1. The van der Waals surface area contributed by atoms with Crippen molar-refractivity contribution in [1.29, 1.82) is 0 Å². The first-order chi connectivity index (χ1) is 8.16. The largest absolute Gasteiger partial charge is 0.508 e. The first-order valence-corrected chi connectivity index (χ1v) is 6.12. The van der Waals surface area contributed by atoms with E-state index in [9.17, 15) is 5.11 Å². The van der Waals surface area contributed by atoms with Crippen molar-refractivity contribution in [3.05, 3.63) is 58.1 Å². The van der Waals surface area contributed by atoms with Crippen LogP contribution in [0.5, 0.6) is 11.5 Å². The summed E-state index contributed by atoms with van der Waals surface area (Å²) in [5, 5.41) is 9.55. The molecule has 0 aliphatic heterocycles. The second kappa shape index (κ2) is 5.23. The molecule has 0 saturated heterocycles. The van der Waals surface area contributed by atoms with Crippen molar-refractivity contribution in [2.45, 2.75) is 13.5 Å². The Morgan fingerprint density at radius 3 is 2.71 bits per heavy atom. The van der Waals surface area contributed by atoms with Crippen molar-refractivity contribution in [3.63, 3.8) is 0 Å². The van der Waals surface area contributed by atoms with Crippen molar-refractivity contribution in [2.75, 3.05) is 0 Å². The van der Waals surface area contributed by atoms with Crippen LogP contribution in [0.2, 0.25) is 0 Å². The van der Waals surface area contributed by atoms with E-state index in [0.29, 0.717) is 12.4 Å². The molecule has 2 nitrogen and oxygen atoms in total. The second-order valence-electron chi connectivity index (χ2n) is 3.82. The summed E-state index contributed by atoms with van der Waals surface area (Å²) < 4.78 is 6.71. The van der Waals surface area contributed by atoms with Gasteiger partial charge in [-0.05, 0) is 36.8 Å². The molecule has 1 N–H and O–H groups in total. The summed E-state index contributed by atoms with van der Waals surface area (Å²) in [6.07, 6.45) is 0. The van der Waals surface area contributed by atoms with Gasteiger partial charge in [-0.25, -0.2) is 0 Å². The number of aromatic hydroxyl groups is 1. The lowest BCUT2D eigenvalue weighted by Gasteiger charge is -2.10. The molecule has 3 heteroatoms. The molecular formula is C14H13BrO2. The highest BCUT2D eigenvalue weighted by Gasteiger charge is 2.03. The molecule has 2 aromatic rings. The zero-order chi connectivity index (χ0) is 12.3. The fourth-order valence-electron chi connectivity index (χ4n) is 1.55. The molecule has 0 saturated carbocycles. The quantitative estimate of drug-likeness (QED) is 0.925. The normalized spacial score (nSPS) is 10.2. The Labute approximate surface area is 109 Å². The molecule has 88 valence electrons. The van der Waals surface area contributed by atoms with Crippen molar-refractivity contribution in [3.8, 4) is 11.5 Å². The number of phenols is 1. The lowest BCUT2D eigenvalue weighted by Crippen LogP contribution is -1.96. The monoisotopic (exact) mass is 292 g/mol. The van der Waals surface area contributed by atoms with Crippen LogP contribution < -0.4 is 4.74 Å². The maximum Gasteiger partial charge on any atom is 0.126 e. The molecule has 2 rings (SSSR count). The van der Waals surface area contributed by atoms with E-state index >= 15 is 0 Å². The van der Waals surface area contributed by atoms with Gasteiger partial charge in [-0.3, -0.25) is 0 Å². The predicted molar refractivity (Wildman–Crippen MR) is 71.3 cm³/mol. The summed E-state index contributed by atoms with van der Waals surface area (Å²) >= 11 is 3.42. The molecule has 0 aliphatic rings. The van der Waals surface area contributed by atoms with Crippen LogP contribution in [-0.2, 0) is 6.61 Å². The summed E-state index contributed by atoms with van der Waals surface area (Å²) in [5.74, 6) is 0.974. The molecule has 17 heavy (non-hydrogen) atoms. The molecule has 0 unspecified atom stereocenters. The fourth-order valence-corrected chi connectivity index (χ4v) is 1.99. The molecule has 2 aromatic carbocycles. The van der Waals surface area contributed by atoms with Crippen LogP contribution in [0.25, 0.3) is 0 Å². The van der Waals surface area contributed by atoms with Crippen LogP contribution in [0.4, 0.5) is 0 Å². The minimum Gasteiger partial charge on any atom is -0.508 e. The maximum absolute atomic E-state index is 9.55. The van der Waals surface area contributed by atoms with E-state index in [-0.39, 0.29) is 5.75 Å². The molecule has 0 radical (unpaired) electrons. The maximum atomic E-state index is 9.55. The van der Waals surface area contributed by atoms with Gasteiger partial charge in [0, 0.05) is 10.0 Å². The van der Waals surface area contributed by atoms with E-state index in [1.54, 1.807) is 12.1 Å². The second-order valence-corrected chi connectivity index (χ2v) is 4.73. The molecule has 0 amide bonds. The summed E-state index contributed by atoms with van der Waals surface area (Å²) in [6, 6.07) is 13.2. The van der Waals surface area contributed by atoms with Crippen molar-refractivity contribution in [1.82, 2.24) is 0 Å². The Hall–Kier alpha value is -1.48. The number of benzene rings is 2. The van der Waals surface area contributed by atoms with E-state index in [1.807, 2.05) is 37.3 Å². The first kappa shape index (κ1) is 12.0. The number of phenolic OH excluding ortho intramolecular Hbond substituents is 1. The lowest BCUT2D eigenvalue weighted by atomic mass is 10.2. The summed E-state index contributed by atoms with van der Waals surface area (Å²) in [4.78, 5) is 0. The van der Waals surface area contributed by atoms with Gasteiger partial charge in [0.05, 0.1) is 0 Å². The molecular weight excluding hydrogens is 280 g/mol. The Morgan fingerprint density at radius 1 is 1.18 bits per heavy atom. The third kappa shape index (κ3) is 3.01. The minimum absolute atomic E-state index is 0.261. The Morgan fingerprint density at radius 2 is 1.94 bits per heavy atom. The van der Waals surface area contributed by atoms with Crippen LogP contribution in [0.15, 0.2) is 46.9 Å². The van der Waals surface area contributed by atoms with E-state index in [4.69, 9.17) is 4.74 Å². The summed E-state index contributed by atoms with van der Waals surface area (Å²) in [6.45, 7) is 2.33. The van der Waals surface area contributed by atoms with Crippen molar-refractivity contribution < 1.29 is 9.84 Å². The molecule has 0 heterocycles. The Balaban J connectivity index is 2.10. The summed E-state index contributed by atoms with van der Waals surface area (Å²) in [7, 11) is 0. The van der Waals surface area contributed by atoms with E-state index in [0.717, 1.165) is 15.6 Å². The number of rotatable bonds is 3. The molecule has 0 fully saturated rings. The average molecular weight is 293 g/mol. The third-order valence-electron chi connectivity index (χ3n) is 2.54. The molecule has 0 bridgehead atoms. The first-order valence-electron chi connectivity index (χ1n) is 5.32. The van der Waals surface area contributed by atoms with Gasteiger partial charge in [0.2, 0.25) is 0 Å². The van der Waals surface area contributed by atoms with E-state index in [1.165, 1.54) is 0 Å². The van der Waals surface area contributed by atoms with E-state index < -0.39 is 0 Å². The standard InChI is InChI=1S/C14H13BrO2/c1-10-13(16)6-3-7-14(10)17-9-11-4-2-5-12(15)8-11/h2-8,16H,9H2,1H3. The van der Waals surface area contributed by atoms with E-state index in [2.05, 4.69) is 15.9 Å². The predicted octanol–water partition coefficient (Wildman–Crippen LogP) is 4.04. The average Bonchev–Trinajstić information content (AvgIpc) is 2.31. The minimum atomic E-state index is 0.261. The highest BCUT2D eigenvalue weighted by atomic mass is 79.9. The van der Waals surface area contributed by atoms with Gasteiger partial charge in [0.1, 0.15) is 18.1 Å². The zero-order valence-corrected chi connectivity index (χ0v) is 11.1. The van der Waals surface area contributed by atoms with Gasteiger partial charge < -0.3 is 9.84 Å². The van der Waals surface area contributed by atoms with Crippen molar-refractivity contribution >= 4 is 15.9 Å². The van der Waals surface area contributed by atoms with Gasteiger partial charge in [0.25, 0.3) is 0 Å². The van der Waals surface area contributed by atoms with Crippen LogP contribution in [0.1, 0.15) is 11.1 Å². The van der Waals surface area contributed by atoms with Gasteiger partial charge in [-0.1, -0.05) is 34.1 Å². The molecule has 0 atom stereocenters. The number of ether oxygens (including phenoxy) is 1. The van der Waals surface area contributed by atoms with Crippen LogP contribution in [0, 0.1) is 6.92 Å². The van der Waals surface area contributed by atoms with Gasteiger partial charge in [0.15, 0.2) is 0 Å². The highest BCUT2D eigenvalue weighted by molar-refractivity contribution is 9.10. The lowest BCUT2D eigenvalue weighted by molar-refractivity contribution is 0.302. The Kier molecular flexibility index (Phi) is 3.69. The SMILES string of the molecule is Cc1c(O)cccc1OCc1cccc(Br)c1. The van der Waals surface area contributed by atoms with Gasteiger partial charge in [-0.2, -0.15) is 0 Å². The summed E-state index contributed by atoms with van der Waals surface area (Å²) in [5.41, 5.74) is 1.85. The zero-order valence-electron chi connectivity index (χ0n) is 9.48. The van der Waals surface area contributed by atoms with Crippen LogP contribution in [-0.4, -0.2) is 5.11 Å². The third-order valence-corrected chi connectivity index (χ3v) is 3.03. The number of halogens is 1. The van der Waals surface area contributed by atoms with Gasteiger partial charge >= 0.3 is 0 Å². The molecule has 0 aromatic heterocycles. The fraction of sp³-hybridized carbons (Fsp3) is 0.143. The van der Waals surface area contributed by atoms with Crippen molar-refractivity contribution in [2.24, 2.45) is 0 Å². The smallest absolute Gasteiger partial charge is 0.126 e. The number of hydrogen-bond acceptors (Lipinski definition) is 2. The van der Waals surface area contributed by atoms with Crippen LogP contribution in [0.3, 0.4) is 0 Å². The highest BCUT2D eigenvalue weighted by Crippen LogP contribution is 2.26. The van der Waals surface area contributed by atoms with Crippen LogP contribution >= 0.6 is 15.9 Å². The Bertz CT molecular complexity index is 523.